The van der Waals surface area contributed by atoms with Crippen LogP contribution in [0.15, 0.2) is 73.1 Å². The number of carbonyl (C=O) groups is 4. The molecule has 0 bridgehead atoms. The summed E-state index contributed by atoms with van der Waals surface area (Å²) in [5, 5.41) is 3.12. The highest BCUT2D eigenvalue weighted by Gasteiger charge is 2.35. The zero-order valence-electron chi connectivity index (χ0n) is 31.0. The van der Waals surface area contributed by atoms with Gasteiger partial charge in [-0.05, 0) is 85.8 Å². The number of rotatable bonds is 17. The molecule has 3 aromatic heterocycles. The molecule has 4 amide bonds. The summed E-state index contributed by atoms with van der Waals surface area (Å²) in [5.74, 6) is 0.356. The van der Waals surface area contributed by atoms with Crippen LogP contribution in [0, 0.1) is 6.92 Å². The van der Waals surface area contributed by atoms with E-state index in [0.29, 0.717) is 56.6 Å². The fourth-order valence-corrected chi connectivity index (χ4v) is 7.51. The number of ether oxygens (including phenoxy) is 4. The van der Waals surface area contributed by atoms with Crippen molar-refractivity contribution in [3.05, 3.63) is 84.2 Å². The van der Waals surface area contributed by atoms with Gasteiger partial charge in [0.2, 0.25) is 24.1 Å². The number of pyridine rings is 2. The fourth-order valence-electron chi connectivity index (χ4n) is 6.57. The molecular formula is C41H42N6O8S. The van der Waals surface area contributed by atoms with E-state index in [-0.39, 0.29) is 25.0 Å². The van der Waals surface area contributed by atoms with Crippen LogP contribution in [0.1, 0.15) is 41.6 Å². The van der Waals surface area contributed by atoms with Gasteiger partial charge in [0.25, 0.3) is 5.91 Å². The van der Waals surface area contributed by atoms with Crippen molar-refractivity contribution in [2.75, 3.05) is 57.6 Å². The Kier molecular flexibility index (Phi) is 12.5. The molecule has 56 heavy (non-hydrogen) atoms. The Morgan fingerprint density at radius 3 is 2.30 bits per heavy atom. The molecule has 0 aliphatic carbocycles. The second-order valence-corrected chi connectivity index (χ2v) is 14.4. The van der Waals surface area contributed by atoms with E-state index < -0.39 is 23.8 Å². The Morgan fingerprint density at radius 1 is 0.875 bits per heavy atom. The lowest BCUT2D eigenvalue weighted by atomic mass is 10.0. The van der Waals surface area contributed by atoms with Crippen molar-refractivity contribution < 1.29 is 38.1 Å². The van der Waals surface area contributed by atoms with Gasteiger partial charge in [0, 0.05) is 54.7 Å². The molecular weight excluding hydrogens is 737 g/mol. The minimum atomic E-state index is -1.03. The normalized spacial score (nSPS) is 15.5. The first-order valence-corrected chi connectivity index (χ1v) is 19.4. The highest BCUT2D eigenvalue weighted by Crippen LogP contribution is 2.33. The second-order valence-electron chi connectivity index (χ2n) is 13.4. The number of aromatic nitrogens is 3. The number of hydrogen-bond acceptors (Lipinski definition) is 13. The van der Waals surface area contributed by atoms with Crippen molar-refractivity contribution >= 4 is 51.5 Å². The van der Waals surface area contributed by atoms with Gasteiger partial charge in [0.05, 0.1) is 36.6 Å². The molecule has 2 aliphatic rings. The van der Waals surface area contributed by atoms with Crippen LogP contribution in [0.25, 0.3) is 31.9 Å². The predicted molar refractivity (Wildman–Crippen MR) is 210 cm³/mol. The average Bonchev–Trinajstić information content (AvgIpc) is 3.91. The minimum absolute atomic E-state index is 0.0547. The standard InChI is InChI=1S/C41H42N6O8S/c1-27-22-31(7-8-32(27)41(51)47(26-48)34-9-12-37(49)45-39(34)50)54-20-18-52-16-17-53-19-21-55-38-13-6-29(24-43-38)28-4-10-35-33(23-28)44-40(56-35)30-5-11-36(42-25-30)46-14-2-3-15-46/h4-8,10-11,13,22-26,34H,2-3,9,12,14-21H2,1H3,(H,45,49,50). The molecule has 7 rings (SSSR count). The van der Waals surface area contributed by atoms with E-state index in [0.717, 1.165) is 55.7 Å². The van der Waals surface area contributed by atoms with Crippen molar-refractivity contribution in [2.45, 2.75) is 38.6 Å². The number of anilines is 1. The Bertz CT molecular complexity index is 2170. The third-order valence-electron chi connectivity index (χ3n) is 9.55. The topological polar surface area (TPSA) is 162 Å². The summed E-state index contributed by atoms with van der Waals surface area (Å²) < 4.78 is 23.8. The summed E-state index contributed by atoms with van der Waals surface area (Å²) in [4.78, 5) is 65.6. The molecule has 0 radical (unpaired) electrons. The van der Waals surface area contributed by atoms with Gasteiger partial charge in [-0.2, -0.15) is 0 Å². The Balaban J connectivity index is 0.778. The van der Waals surface area contributed by atoms with Crippen molar-refractivity contribution in [2.24, 2.45) is 0 Å². The molecule has 0 saturated carbocycles. The zero-order chi connectivity index (χ0) is 38.9. The van der Waals surface area contributed by atoms with Gasteiger partial charge in [-0.3, -0.25) is 29.4 Å². The molecule has 14 nitrogen and oxygen atoms in total. The summed E-state index contributed by atoms with van der Waals surface area (Å²) in [6.07, 6.45) is 6.63. The molecule has 2 aliphatic heterocycles. The number of amides is 4. The molecule has 5 heterocycles. The SMILES string of the molecule is Cc1cc(OCCOCCOCCOc2ccc(-c3ccc4sc(-c5ccc(N6CCCC6)nc5)nc4c3)cn2)ccc1C(=O)N(C=O)C1CCC(=O)NC1=O. The smallest absolute Gasteiger partial charge is 0.261 e. The maximum absolute atomic E-state index is 13.0. The Morgan fingerprint density at radius 2 is 1.61 bits per heavy atom. The maximum Gasteiger partial charge on any atom is 0.261 e. The van der Waals surface area contributed by atoms with Crippen LogP contribution in [0.4, 0.5) is 5.82 Å². The van der Waals surface area contributed by atoms with Crippen molar-refractivity contribution in [1.29, 1.82) is 0 Å². The summed E-state index contributed by atoms with van der Waals surface area (Å²) in [7, 11) is 0. The lowest BCUT2D eigenvalue weighted by Gasteiger charge is -2.28. The lowest BCUT2D eigenvalue weighted by molar-refractivity contribution is -0.139. The van der Waals surface area contributed by atoms with Crippen LogP contribution in [0.3, 0.4) is 0 Å². The van der Waals surface area contributed by atoms with Crippen LogP contribution in [0.5, 0.6) is 11.6 Å². The third-order valence-corrected chi connectivity index (χ3v) is 10.6. The Hall–Kier alpha value is -5.77. The number of fused-ring (bicyclic) bond motifs is 1. The first-order valence-electron chi connectivity index (χ1n) is 18.6. The highest BCUT2D eigenvalue weighted by molar-refractivity contribution is 7.21. The first kappa shape index (κ1) is 38.5. The number of aryl methyl sites for hydroxylation is 1. The summed E-state index contributed by atoms with van der Waals surface area (Å²) in [6.45, 7) is 5.92. The van der Waals surface area contributed by atoms with E-state index >= 15 is 0 Å². The number of piperidine rings is 1. The van der Waals surface area contributed by atoms with E-state index in [1.165, 1.54) is 12.8 Å². The summed E-state index contributed by atoms with van der Waals surface area (Å²) in [5.41, 5.74) is 4.79. The third kappa shape index (κ3) is 9.36. The van der Waals surface area contributed by atoms with Crippen molar-refractivity contribution in [3.8, 4) is 33.3 Å². The van der Waals surface area contributed by atoms with Gasteiger partial charge < -0.3 is 23.8 Å². The molecule has 1 atom stereocenters. The number of nitrogens with one attached hydrogen (secondary N) is 1. The van der Waals surface area contributed by atoms with Crippen molar-refractivity contribution in [1.82, 2.24) is 25.2 Å². The van der Waals surface area contributed by atoms with Crippen LogP contribution in [-0.2, 0) is 23.9 Å². The summed E-state index contributed by atoms with van der Waals surface area (Å²) >= 11 is 1.66. The fraction of sp³-hybridized carbons (Fsp3) is 0.341. The largest absolute Gasteiger partial charge is 0.491 e. The van der Waals surface area contributed by atoms with Gasteiger partial charge >= 0.3 is 0 Å². The number of carbonyl (C=O) groups excluding carboxylic acids is 4. The van der Waals surface area contributed by atoms with Gasteiger partial charge in [0.15, 0.2) is 0 Å². The Labute approximate surface area is 327 Å². The number of hydrogen-bond donors (Lipinski definition) is 1. The summed E-state index contributed by atoms with van der Waals surface area (Å²) in [6, 6.07) is 18.1. The monoisotopic (exact) mass is 778 g/mol. The molecule has 2 saturated heterocycles. The molecule has 15 heteroatoms. The van der Waals surface area contributed by atoms with Crippen LogP contribution >= 0.6 is 11.3 Å². The number of nitrogens with zero attached hydrogens (tertiary/aromatic N) is 5. The molecule has 1 N–H and O–H groups in total. The van der Waals surface area contributed by atoms with Gasteiger partial charge in [0.1, 0.15) is 35.8 Å². The van der Waals surface area contributed by atoms with Crippen LogP contribution in [-0.4, -0.2) is 103 Å². The van der Waals surface area contributed by atoms with Crippen LogP contribution < -0.4 is 19.7 Å². The van der Waals surface area contributed by atoms with E-state index in [2.05, 4.69) is 45.5 Å². The van der Waals surface area contributed by atoms with Crippen molar-refractivity contribution in [3.63, 3.8) is 0 Å². The van der Waals surface area contributed by atoms with E-state index in [4.69, 9.17) is 28.9 Å². The number of thiazole rings is 1. The quantitative estimate of drug-likeness (QED) is 0.0745. The zero-order valence-corrected chi connectivity index (χ0v) is 31.8. The highest BCUT2D eigenvalue weighted by atomic mass is 32.1. The molecule has 290 valence electrons. The average molecular weight is 779 g/mol. The molecule has 2 fully saturated rings. The predicted octanol–water partition coefficient (Wildman–Crippen LogP) is 5.22. The van der Waals surface area contributed by atoms with Gasteiger partial charge in [-0.1, -0.05) is 6.07 Å². The molecule has 5 aromatic rings. The second kappa shape index (κ2) is 18.2. The molecule has 2 aromatic carbocycles. The van der Waals surface area contributed by atoms with E-state index in [1.54, 1.807) is 42.7 Å². The van der Waals surface area contributed by atoms with E-state index in [9.17, 15) is 19.2 Å². The maximum atomic E-state index is 13.0. The van der Waals surface area contributed by atoms with Gasteiger partial charge in [-0.25, -0.2) is 15.0 Å². The molecule has 0 spiro atoms. The van der Waals surface area contributed by atoms with Gasteiger partial charge in [-0.15, -0.1) is 11.3 Å². The van der Waals surface area contributed by atoms with E-state index in [1.807, 2.05) is 18.3 Å². The molecule has 1 unspecified atom stereocenters. The minimum Gasteiger partial charge on any atom is -0.491 e. The lowest BCUT2D eigenvalue weighted by Crippen LogP contribution is -2.53. The van der Waals surface area contributed by atoms with Crippen LogP contribution in [0.2, 0.25) is 0 Å². The number of benzene rings is 2. The first-order chi connectivity index (χ1) is 27.4. The number of imide groups is 2.